The standard InChI is InChI=1S/C13H20ClN3O/c1-13(2)5-4-6-17(9-13)12-7-10(14)15-11(16-12)8-18-3/h7H,4-6,8-9H2,1-3H3. The summed E-state index contributed by atoms with van der Waals surface area (Å²) in [7, 11) is 1.63. The van der Waals surface area contributed by atoms with Crippen LogP contribution in [0.4, 0.5) is 5.82 Å². The molecule has 4 nitrogen and oxygen atoms in total. The van der Waals surface area contributed by atoms with E-state index in [9.17, 15) is 0 Å². The summed E-state index contributed by atoms with van der Waals surface area (Å²) in [5, 5.41) is 0.482. The van der Waals surface area contributed by atoms with Crippen LogP contribution < -0.4 is 4.90 Å². The molecule has 5 heteroatoms. The second-order valence-corrected chi connectivity index (χ2v) is 5.97. The Kier molecular flexibility index (Phi) is 4.07. The van der Waals surface area contributed by atoms with Crippen LogP contribution in [0.1, 0.15) is 32.5 Å². The van der Waals surface area contributed by atoms with E-state index < -0.39 is 0 Å². The minimum atomic E-state index is 0.330. The number of methoxy groups -OCH3 is 1. The number of hydrogen-bond donors (Lipinski definition) is 0. The Bertz CT molecular complexity index is 423. The number of ether oxygens (including phenoxy) is 1. The summed E-state index contributed by atoms with van der Waals surface area (Å²) < 4.78 is 5.06. The Morgan fingerprint density at radius 1 is 1.44 bits per heavy atom. The van der Waals surface area contributed by atoms with Gasteiger partial charge in [0.1, 0.15) is 17.6 Å². The maximum Gasteiger partial charge on any atom is 0.158 e. The number of anilines is 1. The van der Waals surface area contributed by atoms with Crippen molar-refractivity contribution in [1.82, 2.24) is 9.97 Å². The molecule has 0 N–H and O–H groups in total. The molecule has 0 spiro atoms. The minimum Gasteiger partial charge on any atom is -0.377 e. The summed E-state index contributed by atoms with van der Waals surface area (Å²) in [6.45, 7) is 7.01. The Morgan fingerprint density at radius 2 is 2.22 bits per heavy atom. The predicted octanol–water partition coefficient (Wildman–Crippen LogP) is 2.90. The normalized spacial score (nSPS) is 19.0. The average Bonchev–Trinajstić information content (AvgIpc) is 2.27. The van der Waals surface area contributed by atoms with Gasteiger partial charge in [0.2, 0.25) is 0 Å². The lowest BCUT2D eigenvalue weighted by Crippen LogP contribution is -2.40. The van der Waals surface area contributed by atoms with Gasteiger partial charge >= 0.3 is 0 Å². The Labute approximate surface area is 113 Å². The Hall–Kier alpha value is -0.870. The molecular weight excluding hydrogens is 250 g/mol. The molecule has 1 aliphatic rings. The summed E-state index contributed by atoms with van der Waals surface area (Å²) in [4.78, 5) is 11.0. The molecule has 0 saturated carbocycles. The van der Waals surface area contributed by atoms with Crippen molar-refractivity contribution >= 4 is 17.4 Å². The number of hydrogen-bond acceptors (Lipinski definition) is 4. The SMILES string of the molecule is COCc1nc(Cl)cc(N2CCCC(C)(C)C2)n1. The monoisotopic (exact) mass is 269 g/mol. The maximum atomic E-state index is 6.04. The number of halogens is 1. The highest BCUT2D eigenvalue weighted by Crippen LogP contribution is 2.31. The van der Waals surface area contributed by atoms with E-state index in [1.54, 1.807) is 7.11 Å². The van der Waals surface area contributed by atoms with Gasteiger partial charge in [0.05, 0.1) is 0 Å². The summed E-state index contributed by atoms with van der Waals surface area (Å²) in [5.41, 5.74) is 0.330. The molecule has 1 aliphatic heterocycles. The molecule has 0 bridgehead atoms. The fraction of sp³-hybridized carbons (Fsp3) is 0.692. The van der Waals surface area contributed by atoms with Gasteiger partial charge in [-0.15, -0.1) is 0 Å². The Balaban J connectivity index is 2.21. The van der Waals surface area contributed by atoms with Crippen molar-refractivity contribution in [2.45, 2.75) is 33.3 Å². The molecule has 0 radical (unpaired) electrons. The van der Waals surface area contributed by atoms with Gasteiger partial charge in [-0.05, 0) is 18.3 Å². The van der Waals surface area contributed by atoms with Crippen LogP contribution in [-0.4, -0.2) is 30.2 Å². The summed E-state index contributed by atoms with van der Waals surface area (Å²) in [6.07, 6.45) is 2.45. The lowest BCUT2D eigenvalue weighted by atomic mass is 9.84. The summed E-state index contributed by atoms with van der Waals surface area (Å²) in [5.74, 6) is 1.55. The van der Waals surface area contributed by atoms with Crippen LogP contribution in [0.2, 0.25) is 5.15 Å². The lowest BCUT2D eigenvalue weighted by Gasteiger charge is -2.38. The highest BCUT2D eigenvalue weighted by Gasteiger charge is 2.27. The van der Waals surface area contributed by atoms with Crippen LogP contribution in [-0.2, 0) is 11.3 Å². The zero-order chi connectivity index (χ0) is 13.2. The first kappa shape index (κ1) is 13.6. The second-order valence-electron chi connectivity index (χ2n) is 5.59. The van der Waals surface area contributed by atoms with Gasteiger partial charge in [0.15, 0.2) is 5.82 Å². The molecule has 1 fully saturated rings. The Morgan fingerprint density at radius 3 is 2.89 bits per heavy atom. The minimum absolute atomic E-state index is 0.330. The number of aromatic nitrogens is 2. The predicted molar refractivity (Wildman–Crippen MR) is 73.0 cm³/mol. The zero-order valence-electron chi connectivity index (χ0n) is 11.2. The van der Waals surface area contributed by atoms with Crippen molar-refractivity contribution < 1.29 is 4.74 Å². The molecular formula is C13H20ClN3O. The number of nitrogens with zero attached hydrogens (tertiary/aromatic N) is 3. The molecule has 0 unspecified atom stereocenters. The lowest BCUT2D eigenvalue weighted by molar-refractivity contribution is 0.177. The van der Waals surface area contributed by atoms with Crippen LogP contribution in [0.3, 0.4) is 0 Å². The van der Waals surface area contributed by atoms with Crippen molar-refractivity contribution in [3.8, 4) is 0 Å². The largest absolute Gasteiger partial charge is 0.377 e. The first-order valence-corrected chi connectivity index (χ1v) is 6.65. The molecule has 0 atom stereocenters. The quantitative estimate of drug-likeness (QED) is 0.791. The van der Waals surface area contributed by atoms with Crippen molar-refractivity contribution in [2.75, 3.05) is 25.1 Å². The van der Waals surface area contributed by atoms with Crippen molar-refractivity contribution in [3.05, 3.63) is 17.0 Å². The van der Waals surface area contributed by atoms with Gasteiger partial charge in [-0.2, -0.15) is 0 Å². The molecule has 1 aromatic rings. The van der Waals surface area contributed by atoms with Crippen LogP contribution >= 0.6 is 11.6 Å². The van der Waals surface area contributed by atoms with Crippen molar-refractivity contribution in [2.24, 2.45) is 5.41 Å². The van der Waals surface area contributed by atoms with Gasteiger partial charge in [-0.25, -0.2) is 9.97 Å². The third-order valence-corrected chi connectivity index (χ3v) is 3.42. The van der Waals surface area contributed by atoms with Gasteiger partial charge < -0.3 is 9.64 Å². The summed E-state index contributed by atoms with van der Waals surface area (Å²) in [6, 6.07) is 1.84. The van der Waals surface area contributed by atoms with E-state index in [0.29, 0.717) is 23.0 Å². The molecule has 2 rings (SSSR count). The smallest absolute Gasteiger partial charge is 0.158 e. The van der Waals surface area contributed by atoms with E-state index in [1.807, 2.05) is 6.07 Å². The highest BCUT2D eigenvalue weighted by atomic mass is 35.5. The maximum absolute atomic E-state index is 6.04. The fourth-order valence-corrected chi connectivity index (χ4v) is 2.62. The molecule has 18 heavy (non-hydrogen) atoms. The van der Waals surface area contributed by atoms with Gasteiger partial charge in [0.25, 0.3) is 0 Å². The fourth-order valence-electron chi connectivity index (χ4n) is 2.43. The first-order chi connectivity index (χ1) is 8.50. The topological polar surface area (TPSA) is 38.2 Å². The zero-order valence-corrected chi connectivity index (χ0v) is 12.0. The average molecular weight is 270 g/mol. The number of rotatable bonds is 3. The van der Waals surface area contributed by atoms with Crippen LogP contribution in [0.5, 0.6) is 0 Å². The highest BCUT2D eigenvalue weighted by molar-refractivity contribution is 6.29. The molecule has 100 valence electrons. The molecule has 2 heterocycles. The van der Waals surface area contributed by atoms with E-state index in [2.05, 4.69) is 28.7 Å². The first-order valence-electron chi connectivity index (χ1n) is 6.27. The summed E-state index contributed by atoms with van der Waals surface area (Å²) >= 11 is 6.04. The molecule has 0 aliphatic carbocycles. The van der Waals surface area contributed by atoms with E-state index >= 15 is 0 Å². The van der Waals surface area contributed by atoms with Crippen molar-refractivity contribution in [1.29, 1.82) is 0 Å². The second kappa shape index (κ2) is 5.41. The van der Waals surface area contributed by atoms with Gasteiger partial charge in [0, 0.05) is 26.3 Å². The van der Waals surface area contributed by atoms with E-state index in [0.717, 1.165) is 18.9 Å². The third kappa shape index (κ3) is 3.33. The molecule has 1 aromatic heterocycles. The van der Waals surface area contributed by atoms with Crippen LogP contribution in [0, 0.1) is 5.41 Å². The van der Waals surface area contributed by atoms with Crippen molar-refractivity contribution in [3.63, 3.8) is 0 Å². The molecule has 0 aromatic carbocycles. The molecule has 1 saturated heterocycles. The molecule has 0 amide bonds. The van der Waals surface area contributed by atoms with E-state index in [1.165, 1.54) is 12.8 Å². The van der Waals surface area contributed by atoms with Crippen LogP contribution in [0.15, 0.2) is 6.07 Å². The van der Waals surface area contributed by atoms with Crippen LogP contribution in [0.25, 0.3) is 0 Å². The van der Waals surface area contributed by atoms with E-state index in [4.69, 9.17) is 16.3 Å². The third-order valence-electron chi connectivity index (χ3n) is 3.23. The number of piperidine rings is 1. The van der Waals surface area contributed by atoms with Gasteiger partial charge in [-0.3, -0.25) is 0 Å². The van der Waals surface area contributed by atoms with Gasteiger partial charge in [-0.1, -0.05) is 25.4 Å². The van der Waals surface area contributed by atoms with E-state index in [-0.39, 0.29) is 0 Å².